The monoisotopic (exact) mass is 275 g/mol. The van der Waals surface area contributed by atoms with E-state index in [1.165, 1.54) is 6.07 Å². The van der Waals surface area contributed by atoms with Crippen LogP contribution >= 0.6 is 15.9 Å². The number of hydrogen-bond donors (Lipinski definition) is 1. The standard InChI is InChI=1S/C11H15BrFNO/c1-2-15-6-5-11(14)9-7-8(12)3-4-10(9)13/h3-4,7,11H,2,5-6,14H2,1H3. The van der Waals surface area contributed by atoms with Gasteiger partial charge in [-0.25, -0.2) is 4.39 Å². The van der Waals surface area contributed by atoms with Gasteiger partial charge < -0.3 is 10.5 Å². The fourth-order valence-corrected chi connectivity index (χ4v) is 1.69. The van der Waals surface area contributed by atoms with E-state index in [0.717, 1.165) is 4.47 Å². The Balaban J connectivity index is 2.64. The Kier molecular flexibility index (Phi) is 5.22. The topological polar surface area (TPSA) is 35.2 Å². The zero-order chi connectivity index (χ0) is 11.3. The van der Waals surface area contributed by atoms with Gasteiger partial charge in [0.25, 0.3) is 0 Å². The Hall–Kier alpha value is -0.450. The summed E-state index contributed by atoms with van der Waals surface area (Å²) in [5.74, 6) is -0.262. The molecule has 0 bridgehead atoms. The minimum atomic E-state index is -0.311. The van der Waals surface area contributed by atoms with Crippen LogP contribution in [0.2, 0.25) is 0 Å². The zero-order valence-electron chi connectivity index (χ0n) is 8.67. The van der Waals surface area contributed by atoms with Crippen LogP contribution in [0.1, 0.15) is 24.9 Å². The van der Waals surface area contributed by atoms with Crippen molar-refractivity contribution in [3.05, 3.63) is 34.1 Å². The molecule has 1 aromatic rings. The summed E-state index contributed by atoms with van der Waals surface area (Å²) in [4.78, 5) is 0. The molecule has 1 atom stereocenters. The Morgan fingerprint density at radius 3 is 2.93 bits per heavy atom. The molecule has 2 N–H and O–H groups in total. The van der Waals surface area contributed by atoms with Crippen LogP contribution in [0.3, 0.4) is 0 Å². The van der Waals surface area contributed by atoms with Gasteiger partial charge in [-0.2, -0.15) is 0 Å². The lowest BCUT2D eigenvalue weighted by Crippen LogP contribution is -2.14. The summed E-state index contributed by atoms with van der Waals surface area (Å²) in [6.45, 7) is 3.14. The lowest BCUT2D eigenvalue weighted by Gasteiger charge is -2.13. The Morgan fingerprint density at radius 1 is 1.53 bits per heavy atom. The van der Waals surface area contributed by atoms with Crippen LogP contribution in [-0.4, -0.2) is 13.2 Å². The molecule has 0 spiro atoms. The first-order valence-electron chi connectivity index (χ1n) is 4.93. The third kappa shape index (κ3) is 3.89. The lowest BCUT2D eigenvalue weighted by molar-refractivity contribution is 0.139. The summed E-state index contributed by atoms with van der Waals surface area (Å²) in [5, 5.41) is 0. The summed E-state index contributed by atoms with van der Waals surface area (Å²) in [6, 6.07) is 4.48. The van der Waals surface area contributed by atoms with E-state index in [0.29, 0.717) is 25.2 Å². The average molecular weight is 276 g/mol. The molecule has 15 heavy (non-hydrogen) atoms. The van der Waals surface area contributed by atoms with Crippen LogP contribution in [0.15, 0.2) is 22.7 Å². The van der Waals surface area contributed by atoms with Gasteiger partial charge in [0.2, 0.25) is 0 Å². The number of nitrogens with two attached hydrogens (primary N) is 1. The molecule has 0 fully saturated rings. The first-order chi connectivity index (χ1) is 7.15. The van der Waals surface area contributed by atoms with Gasteiger partial charge in [0.05, 0.1) is 0 Å². The van der Waals surface area contributed by atoms with E-state index in [-0.39, 0.29) is 11.9 Å². The van der Waals surface area contributed by atoms with Gasteiger partial charge in [-0.15, -0.1) is 0 Å². The minimum absolute atomic E-state index is 0.262. The number of halogens is 2. The number of ether oxygens (including phenoxy) is 1. The van der Waals surface area contributed by atoms with E-state index >= 15 is 0 Å². The van der Waals surface area contributed by atoms with Crippen molar-refractivity contribution in [1.29, 1.82) is 0 Å². The molecular weight excluding hydrogens is 261 g/mol. The fourth-order valence-electron chi connectivity index (χ4n) is 1.31. The summed E-state index contributed by atoms with van der Waals surface area (Å²) >= 11 is 3.29. The first-order valence-corrected chi connectivity index (χ1v) is 5.72. The second-order valence-corrected chi connectivity index (χ2v) is 4.17. The molecule has 0 aromatic heterocycles. The smallest absolute Gasteiger partial charge is 0.128 e. The molecule has 1 aromatic carbocycles. The maximum absolute atomic E-state index is 13.4. The van der Waals surface area contributed by atoms with Gasteiger partial charge in [-0.3, -0.25) is 0 Å². The first kappa shape index (κ1) is 12.6. The van der Waals surface area contributed by atoms with E-state index in [1.807, 2.05) is 6.92 Å². The summed E-state index contributed by atoms with van der Waals surface area (Å²) in [6.07, 6.45) is 0.626. The van der Waals surface area contributed by atoms with Crippen molar-refractivity contribution >= 4 is 15.9 Å². The van der Waals surface area contributed by atoms with Gasteiger partial charge >= 0.3 is 0 Å². The maximum atomic E-state index is 13.4. The van der Waals surface area contributed by atoms with E-state index in [4.69, 9.17) is 10.5 Å². The molecule has 1 rings (SSSR count). The summed E-state index contributed by atoms with van der Waals surface area (Å²) in [7, 11) is 0. The van der Waals surface area contributed by atoms with Gasteiger partial charge in [0, 0.05) is 29.3 Å². The SMILES string of the molecule is CCOCCC(N)c1cc(Br)ccc1F. The maximum Gasteiger partial charge on any atom is 0.128 e. The second kappa shape index (κ2) is 6.20. The molecule has 1 unspecified atom stereocenters. The third-order valence-corrected chi connectivity index (χ3v) is 2.63. The van der Waals surface area contributed by atoms with E-state index in [1.54, 1.807) is 12.1 Å². The molecular formula is C11H15BrFNO. The van der Waals surface area contributed by atoms with Crippen LogP contribution in [-0.2, 0) is 4.74 Å². The highest BCUT2D eigenvalue weighted by Gasteiger charge is 2.11. The third-order valence-electron chi connectivity index (χ3n) is 2.13. The van der Waals surface area contributed by atoms with Crippen LogP contribution in [0.5, 0.6) is 0 Å². The zero-order valence-corrected chi connectivity index (χ0v) is 10.3. The van der Waals surface area contributed by atoms with Gasteiger partial charge in [-0.05, 0) is 31.5 Å². The predicted octanol–water partition coefficient (Wildman–Crippen LogP) is 3.01. The van der Waals surface area contributed by atoms with Crippen molar-refractivity contribution in [2.24, 2.45) is 5.73 Å². The molecule has 0 amide bonds. The molecule has 4 heteroatoms. The number of rotatable bonds is 5. The van der Waals surface area contributed by atoms with E-state index in [9.17, 15) is 4.39 Å². The second-order valence-electron chi connectivity index (χ2n) is 3.26. The van der Waals surface area contributed by atoms with Gasteiger partial charge in [-0.1, -0.05) is 15.9 Å². The molecule has 0 aliphatic carbocycles. The quantitative estimate of drug-likeness (QED) is 0.839. The highest BCUT2D eigenvalue weighted by atomic mass is 79.9. The number of benzene rings is 1. The highest BCUT2D eigenvalue weighted by molar-refractivity contribution is 9.10. The average Bonchev–Trinajstić information content (AvgIpc) is 2.22. The minimum Gasteiger partial charge on any atom is -0.382 e. The molecule has 0 saturated heterocycles. The highest BCUT2D eigenvalue weighted by Crippen LogP contribution is 2.22. The van der Waals surface area contributed by atoms with Crippen molar-refractivity contribution in [2.45, 2.75) is 19.4 Å². The molecule has 0 radical (unpaired) electrons. The molecule has 2 nitrogen and oxygen atoms in total. The molecule has 0 aliphatic rings. The summed E-state index contributed by atoms with van der Waals surface area (Å²) < 4.78 is 19.4. The van der Waals surface area contributed by atoms with Crippen molar-refractivity contribution in [2.75, 3.05) is 13.2 Å². The molecule has 0 aliphatic heterocycles. The van der Waals surface area contributed by atoms with E-state index in [2.05, 4.69) is 15.9 Å². The van der Waals surface area contributed by atoms with Gasteiger partial charge in [0.15, 0.2) is 0 Å². The normalized spacial score (nSPS) is 12.8. The van der Waals surface area contributed by atoms with E-state index < -0.39 is 0 Å². The van der Waals surface area contributed by atoms with Crippen LogP contribution < -0.4 is 5.73 Å². The molecule has 0 heterocycles. The summed E-state index contributed by atoms with van der Waals surface area (Å²) in [5.41, 5.74) is 6.40. The molecule has 84 valence electrons. The van der Waals surface area contributed by atoms with Crippen molar-refractivity contribution < 1.29 is 9.13 Å². The number of hydrogen-bond acceptors (Lipinski definition) is 2. The van der Waals surface area contributed by atoms with Gasteiger partial charge in [0.1, 0.15) is 5.82 Å². The van der Waals surface area contributed by atoms with Crippen molar-refractivity contribution in [3.63, 3.8) is 0 Å². The van der Waals surface area contributed by atoms with Crippen molar-refractivity contribution in [1.82, 2.24) is 0 Å². The van der Waals surface area contributed by atoms with Crippen molar-refractivity contribution in [3.8, 4) is 0 Å². The Bertz CT molecular complexity index is 319. The fraction of sp³-hybridized carbons (Fsp3) is 0.455. The van der Waals surface area contributed by atoms with Crippen LogP contribution in [0, 0.1) is 5.82 Å². The lowest BCUT2D eigenvalue weighted by atomic mass is 10.0. The van der Waals surface area contributed by atoms with Crippen LogP contribution in [0.25, 0.3) is 0 Å². The predicted molar refractivity (Wildman–Crippen MR) is 62.1 cm³/mol. The molecule has 0 saturated carbocycles. The Labute approximate surface area is 97.7 Å². The Morgan fingerprint density at radius 2 is 2.27 bits per heavy atom. The largest absolute Gasteiger partial charge is 0.382 e. The van der Waals surface area contributed by atoms with Crippen LogP contribution in [0.4, 0.5) is 4.39 Å².